The predicted molar refractivity (Wildman–Crippen MR) is 391 cm³/mol. The number of hydrogen-bond acceptors (Lipinski definition) is 9. The van der Waals surface area contributed by atoms with Gasteiger partial charge in [0.25, 0.3) is 0 Å². The van der Waals surface area contributed by atoms with E-state index in [0.29, 0.717) is 31.7 Å². The molecule has 0 amide bonds. The lowest BCUT2D eigenvalue weighted by molar-refractivity contribution is -0.137. The van der Waals surface area contributed by atoms with Crippen LogP contribution in [-0.4, -0.2) is 0 Å². The summed E-state index contributed by atoms with van der Waals surface area (Å²) in [5.74, 6) is -0.216. The third-order valence-electron chi connectivity index (χ3n) is 13.2. The van der Waals surface area contributed by atoms with Crippen LogP contribution < -0.4 is 51.6 Å². The first-order valence-corrected chi connectivity index (χ1v) is 31.8. The summed E-state index contributed by atoms with van der Waals surface area (Å²) in [6.07, 6.45) is -4.26. The summed E-state index contributed by atoms with van der Waals surface area (Å²) < 4.78 is 48.2. The van der Waals surface area contributed by atoms with Gasteiger partial charge in [-0.3, -0.25) is 0 Å². The number of alkyl halides is 3. The Hall–Kier alpha value is -5.92. The molecule has 18 N–H and O–H groups in total. The first kappa shape index (κ1) is 85.1. The summed E-state index contributed by atoms with van der Waals surface area (Å²) >= 11 is 34.6. The van der Waals surface area contributed by atoms with Crippen LogP contribution in [0.2, 0.25) is 30.1 Å². The van der Waals surface area contributed by atoms with Crippen LogP contribution in [0.5, 0.6) is 0 Å². The highest BCUT2D eigenvalue weighted by molar-refractivity contribution is 6.32. The number of nitrogens with two attached hydrogens (primary N) is 9. The van der Waals surface area contributed by atoms with E-state index >= 15 is 0 Å². The monoisotopic (exact) mass is 1390 g/mol. The SMILES string of the molecule is CC(C)(N)c1ccc(Cl)cc1.CC(N)c1ccc(Cl)cc1.Cc1cc(C(C)(C)N)ccc1Cl.Cc1cc(C(C)N)ccc1Cl.Cc1cc(CN)ccc1Cl.Cc1cccc(CN)c1.NCc1ccc(C(F)(F)F)cc1.NCc1ccc(Cl)cc1.NCc1ccc(F)cc1. The van der Waals surface area contributed by atoms with Crippen molar-refractivity contribution < 1.29 is 17.6 Å². The van der Waals surface area contributed by atoms with E-state index in [4.69, 9.17) is 121 Å². The molecule has 9 nitrogen and oxygen atoms in total. The lowest BCUT2D eigenvalue weighted by Crippen LogP contribution is -2.28. The number of hydrogen-bond donors (Lipinski definition) is 9. The molecule has 0 spiro atoms. The Labute approximate surface area is 580 Å². The summed E-state index contributed by atoms with van der Waals surface area (Å²) in [6, 6.07) is 59.6. The van der Waals surface area contributed by atoms with Gasteiger partial charge in [0, 0.05) is 86.0 Å². The molecule has 0 fully saturated rings. The fraction of sp³-hybridized carbons (Fsp3) is 0.270. The second kappa shape index (κ2) is 43.9. The van der Waals surface area contributed by atoms with E-state index in [2.05, 4.69) is 19.1 Å². The Bertz CT molecular complexity index is 3460. The van der Waals surface area contributed by atoms with Crippen molar-refractivity contribution >= 4 is 69.6 Å². The predicted octanol–water partition coefficient (Wildman–Crippen LogP) is 19.2. The van der Waals surface area contributed by atoms with Crippen molar-refractivity contribution in [2.75, 3.05) is 0 Å². The quantitative estimate of drug-likeness (QED) is 0.0625. The molecule has 0 radical (unpaired) electrons. The molecule has 0 bridgehead atoms. The molecule has 0 aliphatic carbocycles. The van der Waals surface area contributed by atoms with Gasteiger partial charge in [0.05, 0.1) is 5.56 Å². The molecule has 9 aromatic carbocycles. The number of rotatable bonds is 9. The van der Waals surface area contributed by atoms with E-state index < -0.39 is 11.7 Å². The third kappa shape index (κ3) is 36.5. The lowest BCUT2D eigenvalue weighted by atomic mass is 9.94. The van der Waals surface area contributed by atoms with Crippen molar-refractivity contribution in [3.8, 4) is 0 Å². The molecular weight excluding hydrogens is 1300 g/mol. The molecule has 0 aliphatic rings. The normalized spacial score (nSPS) is 11.2. The van der Waals surface area contributed by atoms with Crippen LogP contribution in [0.15, 0.2) is 200 Å². The second-order valence-corrected chi connectivity index (χ2v) is 25.1. The van der Waals surface area contributed by atoms with E-state index in [1.807, 2.05) is 202 Å². The third-order valence-corrected chi connectivity index (χ3v) is 15.2. The highest BCUT2D eigenvalue weighted by atomic mass is 35.5. The fourth-order valence-electron chi connectivity index (χ4n) is 7.39. The van der Waals surface area contributed by atoms with Crippen molar-refractivity contribution in [1.29, 1.82) is 0 Å². The average molecular weight is 1400 g/mol. The van der Waals surface area contributed by atoms with Crippen molar-refractivity contribution in [1.82, 2.24) is 0 Å². The van der Waals surface area contributed by atoms with Gasteiger partial charge < -0.3 is 51.6 Å². The smallest absolute Gasteiger partial charge is 0.326 e. The summed E-state index contributed by atoms with van der Waals surface area (Å²) in [6.45, 7) is 22.4. The highest BCUT2D eigenvalue weighted by Crippen LogP contribution is 2.29. The van der Waals surface area contributed by atoms with Gasteiger partial charge in [0.15, 0.2) is 0 Å². The molecule has 504 valence electrons. The van der Waals surface area contributed by atoms with Crippen molar-refractivity contribution in [3.63, 3.8) is 0 Å². The zero-order valence-corrected chi connectivity index (χ0v) is 59.3. The minimum Gasteiger partial charge on any atom is -0.326 e. The topological polar surface area (TPSA) is 234 Å². The van der Waals surface area contributed by atoms with Crippen molar-refractivity contribution in [2.45, 2.75) is 131 Å². The molecule has 0 aliphatic heterocycles. The summed E-state index contributed by atoms with van der Waals surface area (Å²) in [5, 5.41) is 4.66. The summed E-state index contributed by atoms with van der Waals surface area (Å²) in [5.41, 5.74) is 62.7. The molecule has 0 heterocycles. The standard InChI is InChI=1S/C10H14ClN.2C9H12ClN.2C8H10ClN.C8H8F3N.C8H11N.C7H8ClN.C7H8FN/c1-7-6-8(10(2,3)12)4-5-9(7)11;1-9(2,11)7-3-5-8(10)6-4-7;1-6-5-8(7(2)11)3-4-9(6)10;1-6(10)7-2-4-8(9)5-3-7;1-6-4-7(5-10)2-3-8(6)9;9-8(10,11)7-3-1-6(5-12)2-4-7;1-7-3-2-4-8(5-7)6-9;2*8-7-3-1-6(5-9)2-4-7/h4-6H,12H2,1-3H3;3-6H,11H2,1-2H3;3-5,7H,11H2,1-2H3;2-6H,10H2,1H3;2-4H,5,10H2,1H3;1-4H,5,12H2;2-5H,6,9H2,1H3;2*1-4H,5,9H2. The Kier molecular flexibility index (Phi) is 40.2. The zero-order valence-electron chi connectivity index (χ0n) is 54.7. The van der Waals surface area contributed by atoms with Crippen LogP contribution in [0, 0.1) is 33.5 Å². The van der Waals surface area contributed by atoms with Crippen LogP contribution in [0.1, 0.15) is 132 Å². The molecule has 19 heteroatoms. The maximum absolute atomic E-state index is 12.2. The highest BCUT2D eigenvalue weighted by Gasteiger charge is 2.29. The minimum atomic E-state index is -4.26. The second-order valence-electron chi connectivity index (χ2n) is 22.6. The van der Waals surface area contributed by atoms with Gasteiger partial charge in [0.1, 0.15) is 5.82 Å². The van der Waals surface area contributed by atoms with Gasteiger partial charge in [-0.2, -0.15) is 13.2 Å². The van der Waals surface area contributed by atoms with Crippen LogP contribution in [0.3, 0.4) is 0 Å². The Balaban J connectivity index is 0.000000524. The number of halogens is 10. The van der Waals surface area contributed by atoms with Gasteiger partial charge in [-0.15, -0.1) is 0 Å². The van der Waals surface area contributed by atoms with E-state index in [1.54, 1.807) is 12.1 Å². The Morgan fingerprint density at radius 3 is 1.02 bits per heavy atom. The molecule has 0 saturated heterocycles. The number of aryl methyl sites for hydroxylation is 4. The van der Waals surface area contributed by atoms with E-state index in [9.17, 15) is 17.6 Å². The van der Waals surface area contributed by atoms with Crippen LogP contribution in [0.25, 0.3) is 0 Å². The summed E-state index contributed by atoms with van der Waals surface area (Å²) in [4.78, 5) is 0. The van der Waals surface area contributed by atoms with Gasteiger partial charge >= 0.3 is 6.18 Å². The zero-order chi connectivity index (χ0) is 70.6. The largest absolute Gasteiger partial charge is 0.416 e. The van der Waals surface area contributed by atoms with E-state index in [0.717, 1.165) is 97.9 Å². The maximum Gasteiger partial charge on any atom is 0.416 e. The fourth-order valence-corrected chi connectivity index (χ4v) is 8.12. The van der Waals surface area contributed by atoms with Gasteiger partial charge in [-0.1, -0.05) is 196 Å². The van der Waals surface area contributed by atoms with Gasteiger partial charge in [-0.25, -0.2) is 4.39 Å². The molecule has 93 heavy (non-hydrogen) atoms. The Morgan fingerprint density at radius 2 is 0.667 bits per heavy atom. The molecule has 2 atom stereocenters. The first-order chi connectivity index (χ1) is 43.5. The summed E-state index contributed by atoms with van der Waals surface area (Å²) in [7, 11) is 0. The lowest BCUT2D eigenvalue weighted by Gasteiger charge is -2.19. The molecule has 0 saturated carbocycles. The Morgan fingerprint density at radius 1 is 0.355 bits per heavy atom. The minimum absolute atomic E-state index is 0.0889. The first-order valence-electron chi connectivity index (χ1n) is 29.6. The van der Waals surface area contributed by atoms with Crippen LogP contribution >= 0.6 is 69.6 Å². The average Bonchev–Trinajstić information content (AvgIpc) is 1.07. The van der Waals surface area contributed by atoms with Crippen molar-refractivity contribution in [2.24, 2.45) is 51.6 Å². The van der Waals surface area contributed by atoms with Crippen LogP contribution in [-0.2, 0) is 50.0 Å². The van der Waals surface area contributed by atoms with Gasteiger partial charge in [-0.05, 0) is 215 Å². The van der Waals surface area contributed by atoms with E-state index in [1.165, 1.54) is 35.4 Å². The van der Waals surface area contributed by atoms with Crippen molar-refractivity contribution in [3.05, 3.63) is 314 Å². The molecular formula is C74H93Cl6F4N9. The number of benzene rings is 9. The van der Waals surface area contributed by atoms with Gasteiger partial charge in [0.2, 0.25) is 0 Å². The van der Waals surface area contributed by atoms with Crippen LogP contribution in [0.4, 0.5) is 17.6 Å². The maximum atomic E-state index is 12.2. The molecule has 2 unspecified atom stereocenters. The molecule has 9 aromatic rings. The van der Waals surface area contributed by atoms with E-state index in [-0.39, 0.29) is 35.5 Å². The molecule has 9 rings (SSSR count). The molecule has 0 aromatic heterocycles.